The van der Waals surface area contributed by atoms with Gasteiger partial charge in [-0.15, -0.1) is 0 Å². The van der Waals surface area contributed by atoms with Crippen molar-refractivity contribution in [3.63, 3.8) is 0 Å². The smallest absolute Gasteiger partial charge is 0.243 e. The quantitative estimate of drug-likeness (QED) is 0.833. The average Bonchev–Trinajstić information content (AvgIpc) is 2.84. The number of nitrogens with two attached hydrogens (primary N) is 1. The van der Waals surface area contributed by atoms with Gasteiger partial charge in [0.1, 0.15) is 10.7 Å². The summed E-state index contributed by atoms with van der Waals surface area (Å²) >= 11 is 1.74. The van der Waals surface area contributed by atoms with Gasteiger partial charge in [-0.05, 0) is 43.2 Å². The van der Waals surface area contributed by atoms with Crippen LogP contribution in [0.3, 0.4) is 0 Å². The van der Waals surface area contributed by atoms with E-state index in [1.165, 1.54) is 13.0 Å². The van der Waals surface area contributed by atoms with Gasteiger partial charge in [0, 0.05) is 17.5 Å². The molecule has 7 heteroatoms. The molecule has 1 aromatic rings. The molecule has 1 aliphatic heterocycles. The number of thioether (sulfide) groups is 1. The topological polar surface area (TPSA) is 72.2 Å². The molecule has 1 atom stereocenters. The van der Waals surface area contributed by atoms with Crippen LogP contribution < -0.4 is 10.5 Å². The van der Waals surface area contributed by atoms with Gasteiger partial charge in [0.15, 0.2) is 0 Å². The third kappa shape index (κ3) is 3.40. The van der Waals surface area contributed by atoms with Crippen LogP contribution in [0.4, 0.5) is 10.1 Å². The Hall–Kier alpha value is -0.790. The van der Waals surface area contributed by atoms with Crippen molar-refractivity contribution in [1.29, 1.82) is 0 Å². The van der Waals surface area contributed by atoms with Crippen LogP contribution in [0.25, 0.3) is 0 Å². The normalized spacial score (nSPS) is 19.8. The van der Waals surface area contributed by atoms with E-state index in [-0.39, 0.29) is 21.4 Å². The van der Waals surface area contributed by atoms with Gasteiger partial charge in [0.2, 0.25) is 10.0 Å². The van der Waals surface area contributed by atoms with Gasteiger partial charge in [-0.25, -0.2) is 17.5 Å². The summed E-state index contributed by atoms with van der Waals surface area (Å²) in [5.41, 5.74) is 6.06. The highest BCUT2D eigenvalue weighted by atomic mass is 32.2. The SMILES string of the molecule is Cc1cc(N)cc(S(=O)(=O)NCC2CCCS2)c1F. The van der Waals surface area contributed by atoms with Crippen molar-refractivity contribution >= 4 is 27.5 Å². The lowest BCUT2D eigenvalue weighted by molar-refractivity contribution is 0.552. The van der Waals surface area contributed by atoms with E-state index >= 15 is 0 Å². The number of benzene rings is 1. The molecule has 1 fully saturated rings. The summed E-state index contributed by atoms with van der Waals surface area (Å²) in [7, 11) is -3.84. The summed E-state index contributed by atoms with van der Waals surface area (Å²) in [5.74, 6) is 0.318. The lowest BCUT2D eigenvalue weighted by Crippen LogP contribution is -2.30. The molecule has 2 rings (SSSR count). The van der Waals surface area contributed by atoms with E-state index in [1.807, 2.05) is 0 Å². The maximum absolute atomic E-state index is 13.9. The van der Waals surface area contributed by atoms with E-state index in [0.29, 0.717) is 6.54 Å². The minimum absolute atomic E-state index is 0.232. The number of sulfonamides is 1. The van der Waals surface area contributed by atoms with Crippen molar-refractivity contribution in [3.8, 4) is 0 Å². The standard InChI is InChI=1S/C12H17FN2O2S2/c1-8-5-9(14)6-11(12(8)13)19(16,17)15-7-10-3-2-4-18-10/h5-6,10,15H,2-4,7,14H2,1H3. The van der Waals surface area contributed by atoms with Crippen molar-refractivity contribution < 1.29 is 12.8 Å². The van der Waals surface area contributed by atoms with Crippen LogP contribution in [0.2, 0.25) is 0 Å². The second-order valence-corrected chi connectivity index (χ2v) is 7.78. The zero-order chi connectivity index (χ0) is 14.0. The molecule has 0 aliphatic carbocycles. The maximum atomic E-state index is 13.9. The molecule has 1 heterocycles. The third-order valence-corrected chi connectivity index (χ3v) is 5.88. The van der Waals surface area contributed by atoms with Crippen molar-refractivity contribution in [2.75, 3.05) is 18.0 Å². The minimum atomic E-state index is -3.84. The van der Waals surface area contributed by atoms with Gasteiger partial charge in [0.05, 0.1) is 0 Å². The lowest BCUT2D eigenvalue weighted by Gasteiger charge is -2.12. The van der Waals surface area contributed by atoms with Crippen LogP contribution in [0.1, 0.15) is 18.4 Å². The molecule has 3 N–H and O–H groups in total. The Bertz CT molecular complexity index is 569. The number of rotatable bonds is 4. The second kappa shape index (κ2) is 5.68. The predicted octanol–water partition coefficient (Wildman–Crippen LogP) is 1.89. The monoisotopic (exact) mass is 304 g/mol. The highest BCUT2D eigenvalue weighted by molar-refractivity contribution is 8.00. The van der Waals surface area contributed by atoms with E-state index < -0.39 is 15.8 Å². The molecule has 0 spiro atoms. The molecule has 1 aliphatic rings. The molecule has 106 valence electrons. The van der Waals surface area contributed by atoms with Crippen LogP contribution in [-0.4, -0.2) is 26.0 Å². The van der Waals surface area contributed by atoms with Gasteiger partial charge in [-0.3, -0.25) is 0 Å². The molecule has 0 bridgehead atoms. The molecular weight excluding hydrogens is 287 g/mol. The summed E-state index contributed by atoms with van der Waals surface area (Å²) < 4.78 is 40.6. The molecule has 1 aromatic carbocycles. The number of hydrogen-bond acceptors (Lipinski definition) is 4. The summed E-state index contributed by atoms with van der Waals surface area (Å²) in [5, 5.41) is 0.278. The molecule has 4 nitrogen and oxygen atoms in total. The number of aryl methyl sites for hydroxylation is 1. The van der Waals surface area contributed by atoms with E-state index in [2.05, 4.69) is 4.72 Å². The molecule has 0 saturated carbocycles. The summed E-state index contributed by atoms with van der Waals surface area (Å²) in [6.45, 7) is 1.83. The first-order chi connectivity index (χ1) is 8.90. The first-order valence-corrected chi connectivity index (χ1v) is 8.60. The van der Waals surface area contributed by atoms with Crippen LogP contribution >= 0.6 is 11.8 Å². The first kappa shape index (κ1) is 14.6. The summed E-state index contributed by atoms with van der Waals surface area (Å²) in [6, 6.07) is 2.58. The number of nitrogen functional groups attached to an aromatic ring is 1. The number of halogens is 1. The molecule has 0 amide bonds. The largest absolute Gasteiger partial charge is 0.399 e. The maximum Gasteiger partial charge on any atom is 0.243 e. The molecular formula is C12H17FN2O2S2. The molecule has 0 aromatic heterocycles. The van der Waals surface area contributed by atoms with E-state index in [1.54, 1.807) is 11.8 Å². The van der Waals surface area contributed by atoms with Gasteiger partial charge in [-0.1, -0.05) is 0 Å². The highest BCUT2D eigenvalue weighted by Crippen LogP contribution is 2.26. The van der Waals surface area contributed by atoms with Crippen LogP contribution in [0.5, 0.6) is 0 Å². The Morgan fingerprint density at radius 2 is 2.26 bits per heavy atom. The minimum Gasteiger partial charge on any atom is -0.399 e. The fourth-order valence-electron chi connectivity index (χ4n) is 2.05. The predicted molar refractivity (Wildman–Crippen MR) is 76.2 cm³/mol. The van der Waals surface area contributed by atoms with E-state index in [9.17, 15) is 12.8 Å². The number of hydrogen-bond donors (Lipinski definition) is 2. The van der Waals surface area contributed by atoms with Crippen LogP contribution in [-0.2, 0) is 10.0 Å². The Balaban J connectivity index is 2.19. The van der Waals surface area contributed by atoms with Gasteiger partial charge in [0.25, 0.3) is 0 Å². The molecule has 19 heavy (non-hydrogen) atoms. The van der Waals surface area contributed by atoms with Crippen LogP contribution in [0, 0.1) is 12.7 Å². The fourth-order valence-corrected chi connectivity index (χ4v) is 4.62. The average molecular weight is 304 g/mol. The number of anilines is 1. The highest BCUT2D eigenvalue weighted by Gasteiger charge is 2.23. The van der Waals surface area contributed by atoms with Crippen molar-refractivity contribution in [1.82, 2.24) is 4.72 Å². The molecule has 0 radical (unpaired) electrons. The van der Waals surface area contributed by atoms with Crippen molar-refractivity contribution in [2.24, 2.45) is 0 Å². The van der Waals surface area contributed by atoms with E-state index in [0.717, 1.165) is 24.7 Å². The van der Waals surface area contributed by atoms with Crippen molar-refractivity contribution in [2.45, 2.75) is 29.9 Å². The van der Waals surface area contributed by atoms with Gasteiger partial charge in [-0.2, -0.15) is 11.8 Å². The van der Waals surface area contributed by atoms with Crippen molar-refractivity contribution in [3.05, 3.63) is 23.5 Å². The Kier molecular flexibility index (Phi) is 4.37. The first-order valence-electron chi connectivity index (χ1n) is 6.07. The van der Waals surface area contributed by atoms with E-state index in [4.69, 9.17) is 5.73 Å². The van der Waals surface area contributed by atoms with Gasteiger partial charge >= 0.3 is 0 Å². The Morgan fingerprint density at radius 3 is 2.89 bits per heavy atom. The molecule has 1 saturated heterocycles. The summed E-state index contributed by atoms with van der Waals surface area (Å²) in [4.78, 5) is -0.368. The molecule has 1 unspecified atom stereocenters. The Morgan fingerprint density at radius 1 is 1.53 bits per heavy atom. The summed E-state index contributed by atoms with van der Waals surface area (Å²) in [6.07, 6.45) is 2.09. The van der Waals surface area contributed by atoms with Crippen LogP contribution in [0.15, 0.2) is 17.0 Å². The lowest BCUT2D eigenvalue weighted by atomic mass is 10.2. The second-order valence-electron chi connectivity index (χ2n) is 4.64. The third-order valence-electron chi connectivity index (χ3n) is 3.06. The Labute approximate surface area is 117 Å². The number of nitrogens with one attached hydrogen (secondary N) is 1. The zero-order valence-corrected chi connectivity index (χ0v) is 12.3. The zero-order valence-electron chi connectivity index (χ0n) is 10.6. The van der Waals surface area contributed by atoms with Gasteiger partial charge < -0.3 is 5.73 Å². The fraction of sp³-hybridized carbons (Fsp3) is 0.500.